The summed E-state index contributed by atoms with van der Waals surface area (Å²) in [5, 5.41) is 3.44. The molecule has 4 rings (SSSR count). The molecule has 2 aromatic heterocycles. The van der Waals surface area contributed by atoms with Gasteiger partial charge in [0.1, 0.15) is 6.17 Å². The summed E-state index contributed by atoms with van der Waals surface area (Å²) in [5.41, 5.74) is 1.76. The average molecular weight is 349 g/mol. The van der Waals surface area contributed by atoms with Crippen LogP contribution in [-0.4, -0.2) is 34.3 Å². The van der Waals surface area contributed by atoms with Crippen LogP contribution in [0.4, 0.5) is 9.52 Å². The fraction of sp³-hybridized carbons (Fsp3) is 0.471. The van der Waals surface area contributed by atoms with Crippen LogP contribution in [0.3, 0.4) is 0 Å². The Morgan fingerprint density at radius 3 is 3.00 bits per heavy atom. The van der Waals surface area contributed by atoms with E-state index in [1.807, 2.05) is 26.0 Å². The summed E-state index contributed by atoms with van der Waals surface area (Å²) in [6.07, 6.45) is 1.72. The number of thiazole rings is 1. The van der Waals surface area contributed by atoms with Crippen LogP contribution in [0.2, 0.25) is 0 Å². The topological polar surface area (TPSA) is 64.1 Å². The van der Waals surface area contributed by atoms with Gasteiger partial charge in [-0.15, -0.1) is 11.3 Å². The van der Waals surface area contributed by atoms with Crippen molar-refractivity contribution in [2.24, 2.45) is 5.92 Å². The molecule has 4 heterocycles. The summed E-state index contributed by atoms with van der Waals surface area (Å²) in [4.78, 5) is 22.2. The van der Waals surface area contributed by atoms with Crippen LogP contribution in [0.25, 0.3) is 0 Å². The summed E-state index contributed by atoms with van der Waals surface area (Å²) < 4.78 is 20.0. The number of pyridine rings is 1. The molecule has 2 fully saturated rings. The number of nitrogens with zero attached hydrogens (tertiary/aromatic N) is 2. The second-order valence-electron chi connectivity index (χ2n) is 6.44. The Bertz CT molecular complexity index is 787. The molecule has 2 saturated heterocycles. The van der Waals surface area contributed by atoms with Gasteiger partial charge in [0.25, 0.3) is 0 Å². The number of fused-ring (bicyclic) bond motifs is 2. The smallest absolute Gasteiger partial charge is 0.232 e. The number of carbonyl (C=O) groups is 1. The molecule has 0 saturated carbocycles. The molecule has 2 aliphatic rings. The molecular weight excluding hydrogens is 329 g/mol. The van der Waals surface area contributed by atoms with E-state index in [0.29, 0.717) is 5.13 Å². The Hall–Kier alpha value is -1.86. The molecule has 2 aromatic rings. The summed E-state index contributed by atoms with van der Waals surface area (Å²) in [5.74, 6) is -0.849. The lowest BCUT2D eigenvalue weighted by Crippen LogP contribution is -2.39. The lowest BCUT2D eigenvalue weighted by Gasteiger charge is -2.29. The number of carbonyl (C=O) groups excluding carboxylic acids is 1. The number of aryl methyl sites for hydroxylation is 2. The van der Waals surface area contributed by atoms with Gasteiger partial charge in [0.15, 0.2) is 5.13 Å². The standard InChI is InChI=1S/C17H18FN3O2S.H2/c1-8-5-10(3-4-19-8)13-14(12-6-11(18)15(13)23-12)16(22)21-17-20-7-9(2)24-17;/h3-5,7,11-15H,6H2,1-2H3,(H,20,21,22);1H/t11-,12-,13-,14+,15+;/m1./s1. The first-order chi connectivity index (χ1) is 11.5. The van der Waals surface area contributed by atoms with E-state index in [4.69, 9.17) is 4.74 Å². The average Bonchev–Trinajstić information content (AvgIpc) is 3.21. The normalized spacial score (nSPS) is 31.4. The van der Waals surface area contributed by atoms with E-state index in [1.165, 1.54) is 11.3 Å². The van der Waals surface area contributed by atoms with E-state index < -0.39 is 18.2 Å². The highest BCUT2D eigenvalue weighted by molar-refractivity contribution is 7.15. The van der Waals surface area contributed by atoms with Crippen LogP contribution in [0, 0.1) is 19.8 Å². The van der Waals surface area contributed by atoms with Gasteiger partial charge in [0.2, 0.25) is 5.91 Å². The fourth-order valence-corrected chi connectivity index (χ4v) is 4.45. The second-order valence-corrected chi connectivity index (χ2v) is 7.67. The number of aromatic nitrogens is 2. The summed E-state index contributed by atoms with van der Waals surface area (Å²) in [6.45, 7) is 3.82. The number of halogens is 1. The van der Waals surface area contributed by atoms with E-state index in [9.17, 15) is 9.18 Å². The van der Waals surface area contributed by atoms with Crippen LogP contribution in [0.1, 0.15) is 29.9 Å². The largest absolute Gasteiger partial charge is 0.370 e. The zero-order chi connectivity index (χ0) is 16.8. The van der Waals surface area contributed by atoms with Crippen molar-refractivity contribution in [1.29, 1.82) is 0 Å². The number of rotatable bonds is 3. The van der Waals surface area contributed by atoms with E-state index >= 15 is 0 Å². The highest BCUT2D eigenvalue weighted by atomic mass is 32.1. The first kappa shape index (κ1) is 15.7. The zero-order valence-corrected chi connectivity index (χ0v) is 14.2. The van der Waals surface area contributed by atoms with Crippen molar-refractivity contribution < 1.29 is 15.3 Å². The highest BCUT2D eigenvalue weighted by Crippen LogP contribution is 2.50. The SMILES string of the molecule is Cc1cc([C@H]2[C@H]3O[C@H](C[C@H]3F)[C@@H]2C(=O)Nc2ncc(C)s2)ccn1.[HH]. The van der Waals surface area contributed by atoms with Gasteiger partial charge in [-0.05, 0) is 31.5 Å². The van der Waals surface area contributed by atoms with Gasteiger partial charge in [0, 0.05) is 36.7 Å². The molecule has 2 aliphatic heterocycles. The molecule has 5 nitrogen and oxygen atoms in total. The second kappa shape index (κ2) is 5.89. The quantitative estimate of drug-likeness (QED) is 0.924. The minimum Gasteiger partial charge on any atom is -0.370 e. The Kier molecular flexibility index (Phi) is 3.85. The van der Waals surface area contributed by atoms with Gasteiger partial charge in [-0.25, -0.2) is 9.37 Å². The molecule has 5 atom stereocenters. The van der Waals surface area contributed by atoms with Crippen molar-refractivity contribution in [3.8, 4) is 0 Å². The molecule has 0 unspecified atom stereocenters. The van der Waals surface area contributed by atoms with Crippen LogP contribution >= 0.6 is 11.3 Å². The number of amides is 1. The minimum absolute atomic E-state index is 0. The maximum absolute atomic E-state index is 14.2. The monoisotopic (exact) mass is 349 g/mol. The first-order valence-electron chi connectivity index (χ1n) is 7.98. The molecule has 24 heavy (non-hydrogen) atoms. The third kappa shape index (κ3) is 2.61. The molecule has 0 aromatic carbocycles. The minimum atomic E-state index is -1.03. The van der Waals surface area contributed by atoms with E-state index in [1.54, 1.807) is 12.4 Å². The number of alkyl halides is 1. The molecule has 1 N–H and O–H groups in total. The number of hydrogen-bond donors (Lipinski definition) is 1. The third-order valence-corrected chi connectivity index (χ3v) is 5.58. The van der Waals surface area contributed by atoms with Gasteiger partial charge in [-0.2, -0.15) is 0 Å². The lowest BCUT2D eigenvalue weighted by molar-refractivity contribution is -0.121. The molecule has 0 aliphatic carbocycles. The molecule has 0 spiro atoms. The maximum Gasteiger partial charge on any atom is 0.232 e. The van der Waals surface area contributed by atoms with Crippen LogP contribution in [0.5, 0.6) is 0 Å². The first-order valence-corrected chi connectivity index (χ1v) is 8.80. The van der Waals surface area contributed by atoms with Crippen molar-refractivity contribution >= 4 is 22.4 Å². The molecule has 0 radical (unpaired) electrons. The predicted octanol–water partition coefficient (Wildman–Crippen LogP) is 3.25. The summed E-state index contributed by atoms with van der Waals surface area (Å²) in [7, 11) is 0. The summed E-state index contributed by atoms with van der Waals surface area (Å²) >= 11 is 1.43. The van der Waals surface area contributed by atoms with E-state index in [0.717, 1.165) is 16.1 Å². The molecule has 128 valence electrons. The number of ether oxygens (including phenoxy) is 1. The van der Waals surface area contributed by atoms with Crippen molar-refractivity contribution in [3.63, 3.8) is 0 Å². The van der Waals surface area contributed by atoms with Gasteiger partial charge >= 0.3 is 0 Å². The molecule has 2 bridgehead atoms. The Balaban J connectivity index is 0.00000182. The van der Waals surface area contributed by atoms with Crippen molar-refractivity contribution in [2.45, 2.75) is 44.6 Å². The van der Waals surface area contributed by atoms with Crippen LogP contribution in [0.15, 0.2) is 24.5 Å². The highest BCUT2D eigenvalue weighted by Gasteiger charge is 2.57. The Labute approximate surface area is 144 Å². The van der Waals surface area contributed by atoms with Crippen molar-refractivity contribution in [3.05, 3.63) is 40.7 Å². The van der Waals surface area contributed by atoms with Gasteiger partial charge in [-0.1, -0.05) is 0 Å². The number of anilines is 1. The van der Waals surface area contributed by atoms with Crippen LogP contribution < -0.4 is 5.32 Å². The van der Waals surface area contributed by atoms with Crippen LogP contribution in [-0.2, 0) is 9.53 Å². The van der Waals surface area contributed by atoms with Gasteiger partial charge < -0.3 is 10.1 Å². The molecule has 1 amide bonds. The molecule has 7 heteroatoms. The van der Waals surface area contributed by atoms with E-state index in [-0.39, 0.29) is 25.8 Å². The fourth-order valence-electron chi connectivity index (χ4n) is 3.78. The Morgan fingerprint density at radius 2 is 2.29 bits per heavy atom. The van der Waals surface area contributed by atoms with Gasteiger partial charge in [0.05, 0.1) is 18.1 Å². The van der Waals surface area contributed by atoms with Gasteiger partial charge in [-0.3, -0.25) is 9.78 Å². The Morgan fingerprint density at radius 1 is 1.46 bits per heavy atom. The zero-order valence-electron chi connectivity index (χ0n) is 13.4. The number of hydrogen-bond acceptors (Lipinski definition) is 5. The number of nitrogens with one attached hydrogen (secondary N) is 1. The van der Waals surface area contributed by atoms with E-state index in [2.05, 4.69) is 15.3 Å². The summed E-state index contributed by atoms with van der Waals surface area (Å²) in [6, 6.07) is 3.76. The molecular formula is C17H20FN3O2S. The van der Waals surface area contributed by atoms with Crippen molar-refractivity contribution in [1.82, 2.24) is 9.97 Å². The lowest BCUT2D eigenvalue weighted by atomic mass is 9.74. The van der Waals surface area contributed by atoms with Crippen molar-refractivity contribution in [2.75, 3.05) is 5.32 Å². The maximum atomic E-state index is 14.2. The third-order valence-electron chi connectivity index (χ3n) is 4.75. The predicted molar refractivity (Wildman–Crippen MR) is 91.0 cm³/mol.